The second kappa shape index (κ2) is 6.14. The first-order chi connectivity index (χ1) is 10.3. The van der Waals surface area contributed by atoms with Crippen molar-refractivity contribution in [2.24, 2.45) is 5.73 Å². The van der Waals surface area contributed by atoms with Crippen LogP contribution < -0.4 is 15.2 Å². The maximum atomic E-state index is 13.9. The van der Waals surface area contributed by atoms with Crippen molar-refractivity contribution in [3.63, 3.8) is 0 Å². The minimum absolute atomic E-state index is 0.225. The summed E-state index contributed by atoms with van der Waals surface area (Å²) in [6.07, 6.45) is 0.875. The molecular weight excluding hydrogens is 269 g/mol. The number of para-hydroxylation sites is 1. The molecule has 2 N–H and O–H groups in total. The molecule has 0 bridgehead atoms. The van der Waals surface area contributed by atoms with E-state index in [1.807, 2.05) is 24.3 Å². The summed E-state index contributed by atoms with van der Waals surface area (Å²) in [5.74, 6) is 1.04. The molecular formula is C17H18FNO2. The first kappa shape index (κ1) is 13.9. The Morgan fingerprint density at radius 3 is 2.90 bits per heavy atom. The van der Waals surface area contributed by atoms with E-state index in [2.05, 4.69) is 0 Å². The lowest BCUT2D eigenvalue weighted by Gasteiger charge is -2.25. The van der Waals surface area contributed by atoms with Crippen LogP contribution in [0.15, 0.2) is 42.5 Å². The molecule has 4 heteroatoms. The Kier molecular flexibility index (Phi) is 4.06. The number of fused-ring (bicyclic) bond motifs is 1. The number of ether oxygens (including phenoxy) is 2. The van der Waals surface area contributed by atoms with Crippen LogP contribution in [0, 0.1) is 5.82 Å². The Hall–Kier alpha value is -2.07. The lowest BCUT2D eigenvalue weighted by atomic mass is 9.94. The van der Waals surface area contributed by atoms with Gasteiger partial charge in [-0.05, 0) is 30.2 Å². The van der Waals surface area contributed by atoms with Crippen LogP contribution in [-0.4, -0.2) is 13.2 Å². The Balaban J connectivity index is 1.71. The third kappa shape index (κ3) is 3.00. The van der Waals surface area contributed by atoms with Gasteiger partial charge in [0, 0.05) is 18.0 Å². The van der Waals surface area contributed by atoms with Crippen molar-refractivity contribution in [2.75, 3.05) is 13.2 Å². The molecule has 1 unspecified atom stereocenters. The van der Waals surface area contributed by atoms with Crippen LogP contribution in [0.1, 0.15) is 23.5 Å². The maximum Gasteiger partial charge on any atom is 0.165 e. The summed E-state index contributed by atoms with van der Waals surface area (Å²) in [6, 6.07) is 12.8. The number of halogens is 1. The van der Waals surface area contributed by atoms with E-state index >= 15 is 0 Å². The van der Waals surface area contributed by atoms with Gasteiger partial charge >= 0.3 is 0 Å². The molecule has 0 aromatic heterocycles. The van der Waals surface area contributed by atoms with Gasteiger partial charge in [0.05, 0.1) is 13.2 Å². The quantitative estimate of drug-likeness (QED) is 0.939. The average Bonchev–Trinajstić information content (AvgIpc) is 2.53. The molecule has 1 atom stereocenters. The molecule has 3 rings (SSSR count). The zero-order valence-corrected chi connectivity index (χ0v) is 11.7. The van der Waals surface area contributed by atoms with Crippen LogP contribution in [0.25, 0.3) is 0 Å². The lowest BCUT2D eigenvalue weighted by Crippen LogP contribution is -2.19. The third-order valence-corrected chi connectivity index (χ3v) is 3.75. The Morgan fingerprint density at radius 1 is 1.24 bits per heavy atom. The van der Waals surface area contributed by atoms with Crippen molar-refractivity contribution in [2.45, 2.75) is 18.9 Å². The molecule has 0 saturated carbocycles. The highest BCUT2D eigenvalue weighted by atomic mass is 19.1. The second-order valence-electron chi connectivity index (χ2n) is 5.15. The summed E-state index contributed by atoms with van der Waals surface area (Å²) >= 11 is 0. The molecule has 21 heavy (non-hydrogen) atoms. The van der Waals surface area contributed by atoms with Gasteiger partial charge in [-0.2, -0.15) is 0 Å². The second-order valence-corrected chi connectivity index (χ2v) is 5.15. The van der Waals surface area contributed by atoms with Crippen molar-refractivity contribution in [1.82, 2.24) is 0 Å². The van der Waals surface area contributed by atoms with Crippen LogP contribution in [0.3, 0.4) is 0 Å². The van der Waals surface area contributed by atoms with E-state index < -0.39 is 0 Å². The first-order valence-electron chi connectivity index (χ1n) is 7.11. The number of hydrogen-bond acceptors (Lipinski definition) is 3. The number of benzene rings is 2. The maximum absolute atomic E-state index is 13.9. The van der Waals surface area contributed by atoms with Crippen LogP contribution in [-0.2, 0) is 6.54 Å². The number of hydrogen-bond donors (Lipinski definition) is 1. The molecule has 0 fully saturated rings. The number of nitrogens with two attached hydrogens (primary N) is 1. The molecule has 3 nitrogen and oxygen atoms in total. The monoisotopic (exact) mass is 287 g/mol. The van der Waals surface area contributed by atoms with Crippen LogP contribution >= 0.6 is 0 Å². The summed E-state index contributed by atoms with van der Waals surface area (Å²) in [6.45, 7) is 1.43. The normalized spacial score (nSPS) is 17.0. The molecule has 110 valence electrons. The largest absolute Gasteiger partial charge is 0.493 e. The van der Waals surface area contributed by atoms with Gasteiger partial charge in [-0.15, -0.1) is 0 Å². The van der Waals surface area contributed by atoms with E-state index in [-0.39, 0.29) is 17.5 Å². The van der Waals surface area contributed by atoms with Crippen molar-refractivity contribution in [3.8, 4) is 11.5 Å². The van der Waals surface area contributed by atoms with Gasteiger partial charge < -0.3 is 15.2 Å². The van der Waals surface area contributed by atoms with Crippen molar-refractivity contribution >= 4 is 0 Å². The zero-order valence-electron chi connectivity index (χ0n) is 11.7. The summed E-state index contributed by atoms with van der Waals surface area (Å²) < 4.78 is 25.2. The van der Waals surface area contributed by atoms with Crippen LogP contribution in [0.2, 0.25) is 0 Å². The van der Waals surface area contributed by atoms with Crippen LogP contribution in [0.5, 0.6) is 11.5 Å². The predicted octanol–water partition coefficient (Wildman–Crippen LogP) is 3.23. The van der Waals surface area contributed by atoms with Gasteiger partial charge in [0.1, 0.15) is 5.75 Å². The summed E-state index contributed by atoms with van der Waals surface area (Å²) in [4.78, 5) is 0. The molecule has 0 radical (unpaired) electrons. The topological polar surface area (TPSA) is 44.5 Å². The third-order valence-electron chi connectivity index (χ3n) is 3.75. The zero-order chi connectivity index (χ0) is 14.7. The van der Waals surface area contributed by atoms with E-state index in [1.165, 1.54) is 6.07 Å². The standard InChI is InChI=1S/C17H18FNO2/c18-15-9-12(10-19)5-6-17(15)21-11-13-7-8-20-16-4-2-1-3-14(13)16/h1-6,9,13H,7-8,10-11,19H2. The summed E-state index contributed by atoms with van der Waals surface area (Å²) in [7, 11) is 0. The average molecular weight is 287 g/mol. The summed E-state index contributed by atoms with van der Waals surface area (Å²) in [5.41, 5.74) is 7.38. The van der Waals surface area contributed by atoms with E-state index in [0.717, 1.165) is 23.3 Å². The summed E-state index contributed by atoms with van der Waals surface area (Å²) in [5, 5.41) is 0. The number of rotatable bonds is 4. The molecule has 0 spiro atoms. The van der Waals surface area contributed by atoms with Gasteiger partial charge in [-0.25, -0.2) is 4.39 Å². The van der Waals surface area contributed by atoms with Gasteiger partial charge in [-0.1, -0.05) is 24.3 Å². The smallest absolute Gasteiger partial charge is 0.165 e. The van der Waals surface area contributed by atoms with Crippen molar-refractivity contribution < 1.29 is 13.9 Å². The Bertz CT molecular complexity index is 630. The van der Waals surface area contributed by atoms with Crippen molar-refractivity contribution in [3.05, 3.63) is 59.4 Å². The first-order valence-corrected chi connectivity index (χ1v) is 7.11. The highest BCUT2D eigenvalue weighted by Crippen LogP contribution is 2.34. The SMILES string of the molecule is NCc1ccc(OCC2CCOc3ccccc32)c(F)c1. The van der Waals surface area contributed by atoms with Crippen LogP contribution in [0.4, 0.5) is 4.39 Å². The Morgan fingerprint density at radius 2 is 2.10 bits per heavy atom. The molecule has 1 aliphatic heterocycles. The van der Waals surface area contributed by atoms with Gasteiger partial charge in [-0.3, -0.25) is 0 Å². The molecule has 0 saturated heterocycles. The molecule has 0 aliphatic carbocycles. The minimum atomic E-state index is -0.363. The fourth-order valence-electron chi connectivity index (χ4n) is 2.57. The van der Waals surface area contributed by atoms with Gasteiger partial charge in [0.2, 0.25) is 0 Å². The Labute approximate surface area is 123 Å². The fraction of sp³-hybridized carbons (Fsp3) is 0.294. The highest BCUT2D eigenvalue weighted by molar-refractivity contribution is 5.38. The van der Waals surface area contributed by atoms with E-state index in [1.54, 1.807) is 12.1 Å². The van der Waals surface area contributed by atoms with E-state index in [0.29, 0.717) is 19.8 Å². The molecule has 2 aromatic rings. The molecule has 2 aromatic carbocycles. The molecule has 1 heterocycles. The minimum Gasteiger partial charge on any atom is -0.493 e. The predicted molar refractivity (Wildman–Crippen MR) is 79.1 cm³/mol. The molecule has 0 amide bonds. The highest BCUT2D eigenvalue weighted by Gasteiger charge is 2.22. The fourth-order valence-corrected chi connectivity index (χ4v) is 2.57. The van der Waals surface area contributed by atoms with E-state index in [4.69, 9.17) is 15.2 Å². The van der Waals surface area contributed by atoms with Gasteiger partial charge in [0.25, 0.3) is 0 Å². The van der Waals surface area contributed by atoms with Gasteiger partial charge in [0.15, 0.2) is 11.6 Å². The van der Waals surface area contributed by atoms with Crippen molar-refractivity contribution in [1.29, 1.82) is 0 Å². The van der Waals surface area contributed by atoms with E-state index in [9.17, 15) is 4.39 Å². The lowest BCUT2D eigenvalue weighted by molar-refractivity contribution is 0.213. The molecule has 1 aliphatic rings.